The summed E-state index contributed by atoms with van der Waals surface area (Å²) in [7, 11) is 0. The Morgan fingerprint density at radius 2 is 2.05 bits per heavy atom. The normalized spacial score (nSPS) is 18.3. The molecule has 0 bridgehead atoms. The Labute approximate surface area is 134 Å². The smallest absolute Gasteiger partial charge is 0.253 e. The molecule has 1 aliphatic heterocycles. The van der Waals surface area contributed by atoms with Crippen LogP contribution in [0.3, 0.4) is 0 Å². The fourth-order valence-electron chi connectivity index (χ4n) is 3.01. The number of rotatable bonds is 6. The summed E-state index contributed by atoms with van der Waals surface area (Å²) >= 11 is 0. The zero-order valence-corrected chi connectivity index (χ0v) is 13.9. The summed E-state index contributed by atoms with van der Waals surface area (Å²) in [4.78, 5) is 16.8. The number of nitrogens with zero attached hydrogens (tertiary/aromatic N) is 2. The number of carbonyl (C=O) groups excluding carboxylic acids is 1. The van der Waals surface area contributed by atoms with Crippen LogP contribution in [0, 0.1) is 0 Å². The van der Waals surface area contributed by atoms with Gasteiger partial charge in [0.05, 0.1) is 0 Å². The van der Waals surface area contributed by atoms with Gasteiger partial charge in [-0.2, -0.15) is 0 Å². The molecule has 4 heteroatoms. The van der Waals surface area contributed by atoms with E-state index in [1.807, 2.05) is 17.0 Å². The molecule has 122 valence electrons. The molecule has 2 N–H and O–H groups in total. The van der Waals surface area contributed by atoms with E-state index in [-0.39, 0.29) is 11.9 Å². The van der Waals surface area contributed by atoms with Crippen molar-refractivity contribution in [2.75, 3.05) is 31.1 Å². The van der Waals surface area contributed by atoms with Gasteiger partial charge in [-0.1, -0.05) is 13.3 Å². The molecule has 0 saturated carbocycles. The third-order valence-electron chi connectivity index (χ3n) is 4.39. The number of piperidine rings is 1. The van der Waals surface area contributed by atoms with E-state index in [9.17, 15) is 4.79 Å². The molecule has 0 radical (unpaired) electrons. The lowest BCUT2D eigenvalue weighted by Gasteiger charge is -2.31. The highest BCUT2D eigenvalue weighted by molar-refractivity contribution is 5.94. The SMILES string of the molecule is CCCCN(CC)c1ccc(C(=O)N2CCCC(N)C2)cc1. The van der Waals surface area contributed by atoms with E-state index in [1.165, 1.54) is 18.5 Å². The summed E-state index contributed by atoms with van der Waals surface area (Å²) in [6, 6.07) is 8.16. The van der Waals surface area contributed by atoms with E-state index < -0.39 is 0 Å². The number of anilines is 1. The fraction of sp³-hybridized carbons (Fsp3) is 0.611. The Balaban J connectivity index is 2.02. The first-order chi connectivity index (χ1) is 10.7. The Kier molecular flexibility index (Phi) is 6.25. The summed E-state index contributed by atoms with van der Waals surface area (Å²) in [5.74, 6) is 0.110. The maximum Gasteiger partial charge on any atom is 0.253 e. The van der Waals surface area contributed by atoms with Gasteiger partial charge in [-0.3, -0.25) is 4.79 Å². The molecule has 1 aromatic rings. The maximum atomic E-state index is 12.5. The van der Waals surface area contributed by atoms with Gasteiger partial charge in [0.25, 0.3) is 5.91 Å². The third kappa shape index (κ3) is 4.23. The second-order valence-corrected chi connectivity index (χ2v) is 6.13. The summed E-state index contributed by atoms with van der Waals surface area (Å²) in [6.07, 6.45) is 4.42. The van der Waals surface area contributed by atoms with Gasteiger partial charge in [-0.15, -0.1) is 0 Å². The van der Waals surface area contributed by atoms with Crippen molar-refractivity contribution in [3.8, 4) is 0 Å². The highest BCUT2D eigenvalue weighted by Gasteiger charge is 2.22. The highest BCUT2D eigenvalue weighted by atomic mass is 16.2. The summed E-state index contributed by atoms with van der Waals surface area (Å²) in [5, 5.41) is 0. The molecule has 22 heavy (non-hydrogen) atoms. The molecule has 1 unspecified atom stereocenters. The molecule has 1 saturated heterocycles. The third-order valence-corrected chi connectivity index (χ3v) is 4.39. The number of likely N-dealkylation sites (tertiary alicyclic amines) is 1. The van der Waals surface area contributed by atoms with Gasteiger partial charge in [0.1, 0.15) is 0 Å². The van der Waals surface area contributed by atoms with Crippen molar-refractivity contribution >= 4 is 11.6 Å². The van der Waals surface area contributed by atoms with Gasteiger partial charge in [0, 0.05) is 43.5 Å². The first-order valence-corrected chi connectivity index (χ1v) is 8.55. The molecule has 1 heterocycles. The Hall–Kier alpha value is -1.55. The van der Waals surface area contributed by atoms with Crippen LogP contribution in [0.15, 0.2) is 24.3 Å². The first kappa shape index (κ1) is 16.8. The largest absolute Gasteiger partial charge is 0.372 e. The second kappa shape index (κ2) is 8.18. The van der Waals surface area contributed by atoms with Crippen molar-refractivity contribution in [2.24, 2.45) is 5.73 Å². The molecule has 0 spiro atoms. The molecule has 4 nitrogen and oxygen atoms in total. The van der Waals surface area contributed by atoms with Crippen molar-refractivity contribution < 1.29 is 4.79 Å². The minimum atomic E-state index is 0.110. The molecular weight excluding hydrogens is 274 g/mol. The number of benzene rings is 1. The predicted molar refractivity (Wildman–Crippen MR) is 92.3 cm³/mol. The quantitative estimate of drug-likeness (QED) is 0.879. The molecule has 1 fully saturated rings. The average Bonchev–Trinajstić information content (AvgIpc) is 2.55. The van der Waals surface area contributed by atoms with E-state index in [0.717, 1.165) is 38.0 Å². The van der Waals surface area contributed by atoms with Crippen molar-refractivity contribution in [1.82, 2.24) is 4.90 Å². The molecular formula is C18H29N3O. The Bertz CT molecular complexity index is 472. The van der Waals surface area contributed by atoms with Crippen LogP contribution in [0.1, 0.15) is 49.9 Å². The number of hydrogen-bond acceptors (Lipinski definition) is 3. The molecule has 2 rings (SSSR count). The van der Waals surface area contributed by atoms with E-state index in [2.05, 4.69) is 30.9 Å². The number of nitrogens with two attached hydrogens (primary N) is 1. The lowest BCUT2D eigenvalue weighted by molar-refractivity contribution is 0.0709. The maximum absolute atomic E-state index is 12.5. The van der Waals surface area contributed by atoms with Gasteiger partial charge < -0.3 is 15.5 Å². The van der Waals surface area contributed by atoms with E-state index in [0.29, 0.717) is 6.54 Å². The van der Waals surface area contributed by atoms with Gasteiger partial charge in [-0.05, 0) is 50.5 Å². The lowest BCUT2D eigenvalue weighted by Crippen LogP contribution is -2.45. The zero-order chi connectivity index (χ0) is 15.9. The molecule has 1 aliphatic rings. The number of carbonyl (C=O) groups is 1. The van der Waals surface area contributed by atoms with Crippen LogP contribution in [0.5, 0.6) is 0 Å². The topological polar surface area (TPSA) is 49.6 Å². The van der Waals surface area contributed by atoms with Gasteiger partial charge >= 0.3 is 0 Å². The predicted octanol–water partition coefficient (Wildman–Crippen LogP) is 2.88. The van der Waals surface area contributed by atoms with Gasteiger partial charge in [0.2, 0.25) is 0 Å². The van der Waals surface area contributed by atoms with Crippen molar-refractivity contribution in [3.63, 3.8) is 0 Å². The van der Waals surface area contributed by atoms with Crippen molar-refractivity contribution in [1.29, 1.82) is 0 Å². The minimum Gasteiger partial charge on any atom is -0.372 e. The van der Waals surface area contributed by atoms with Crippen LogP contribution in [0.4, 0.5) is 5.69 Å². The van der Waals surface area contributed by atoms with Crippen LogP contribution < -0.4 is 10.6 Å². The lowest BCUT2D eigenvalue weighted by atomic mass is 10.1. The van der Waals surface area contributed by atoms with Gasteiger partial charge in [0.15, 0.2) is 0 Å². The van der Waals surface area contributed by atoms with Crippen LogP contribution >= 0.6 is 0 Å². The first-order valence-electron chi connectivity index (χ1n) is 8.55. The summed E-state index contributed by atoms with van der Waals surface area (Å²) in [6.45, 7) is 7.95. The molecule has 0 aromatic heterocycles. The standard InChI is InChI=1S/C18H29N3O/c1-3-5-12-20(4-2)17-10-8-15(9-11-17)18(22)21-13-6-7-16(19)14-21/h8-11,16H,3-7,12-14,19H2,1-2H3. The zero-order valence-electron chi connectivity index (χ0n) is 13.9. The van der Waals surface area contributed by atoms with E-state index in [1.54, 1.807) is 0 Å². The molecule has 0 aliphatic carbocycles. The van der Waals surface area contributed by atoms with Crippen molar-refractivity contribution in [2.45, 2.75) is 45.6 Å². The minimum absolute atomic E-state index is 0.110. The number of hydrogen-bond donors (Lipinski definition) is 1. The Morgan fingerprint density at radius 3 is 2.64 bits per heavy atom. The number of amides is 1. The summed E-state index contributed by atoms with van der Waals surface area (Å²) < 4.78 is 0. The van der Waals surface area contributed by atoms with E-state index in [4.69, 9.17) is 5.73 Å². The van der Waals surface area contributed by atoms with Crippen LogP contribution in [0.25, 0.3) is 0 Å². The van der Waals surface area contributed by atoms with E-state index >= 15 is 0 Å². The number of unbranched alkanes of at least 4 members (excludes halogenated alkanes) is 1. The van der Waals surface area contributed by atoms with Crippen LogP contribution in [-0.4, -0.2) is 43.0 Å². The average molecular weight is 303 g/mol. The molecule has 1 aromatic carbocycles. The monoisotopic (exact) mass is 303 g/mol. The molecule has 1 amide bonds. The summed E-state index contributed by atoms with van der Waals surface area (Å²) in [5.41, 5.74) is 7.93. The van der Waals surface area contributed by atoms with Crippen molar-refractivity contribution in [3.05, 3.63) is 29.8 Å². The second-order valence-electron chi connectivity index (χ2n) is 6.13. The van der Waals surface area contributed by atoms with Gasteiger partial charge in [-0.25, -0.2) is 0 Å². The fourth-order valence-corrected chi connectivity index (χ4v) is 3.01. The Morgan fingerprint density at radius 1 is 1.32 bits per heavy atom. The van der Waals surface area contributed by atoms with Crippen LogP contribution in [0.2, 0.25) is 0 Å². The highest BCUT2D eigenvalue weighted by Crippen LogP contribution is 2.18. The van der Waals surface area contributed by atoms with Crippen LogP contribution in [-0.2, 0) is 0 Å². The molecule has 1 atom stereocenters.